The minimum absolute atomic E-state index is 0.0267. The lowest BCUT2D eigenvalue weighted by molar-refractivity contribution is -0.122. The number of allylic oxidation sites excluding steroid dienone is 1. The molecule has 8 heteroatoms. The van der Waals surface area contributed by atoms with E-state index < -0.39 is 0 Å². The molecule has 152 valence electrons. The molecule has 3 aliphatic rings. The van der Waals surface area contributed by atoms with Crippen molar-refractivity contribution in [1.82, 2.24) is 15.0 Å². The largest absolute Gasteiger partial charge is 0.369 e. The van der Waals surface area contributed by atoms with Crippen LogP contribution < -0.4 is 21.7 Å². The van der Waals surface area contributed by atoms with E-state index in [9.17, 15) is 4.79 Å². The molecule has 30 heavy (non-hydrogen) atoms. The van der Waals surface area contributed by atoms with Gasteiger partial charge in [0.25, 0.3) is 0 Å². The first-order chi connectivity index (χ1) is 14.7. The van der Waals surface area contributed by atoms with Gasteiger partial charge in [-0.05, 0) is 48.9 Å². The van der Waals surface area contributed by atoms with Crippen LogP contribution in [-0.2, 0) is 11.2 Å². The Morgan fingerprint density at radius 3 is 2.97 bits per heavy atom. The number of aromatic nitrogens is 3. The van der Waals surface area contributed by atoms with Crippen molar-refractivity contribution in [2.75, 3.05) is 22.5 Å². The van der Waals surface area contributed by atoms with Gasteiger partial charge in [0.15, 0.2) is 0 Å². The average molecular weight is 401 g/mol. The molecule has 1 aliphatic heterocycles. The van der Waals surface area contributed by atoms with E-state index in [1.807, 2.05) is 24.4 Å². The number of nitrogens with one attached hydrogen (secondary N) is 4. The second-order valence-electron chi connectivity index (χ2n) is 8.35. The zero-order valence-corrected chi connectivity index (χ0v) is 16.4. The monoisotopic (exact) mass is 401 g/mol. The van der Waals surface area contributed by atoms with Crippen molar-refractivity contribution in [2.24, 2.45) is 23.5 Å². The highest BCUT2D eigenvalue weighted by molar-refractivity contribution is 5.84. The van der Waals surface area contributed by atoms with Gasteiger partial charge in [-0.15, -0.1) is 0 Å². The maximum absolute atomic E-state index is 12.1. The Labute approximate surface area is 173 Å². The minimum Gasteiger partial charge on any atom is -0.369 e. The summed E-state index contributed by atoms with van der Waals surface area (Å²) in [7, 11) is 0. The van der Waals surface area contributed by atoms with Gasteiger partial charge in [0.2, 0.25) is 11.9 Å². The minimum atomic E-state index is -0.244. The molecule has 6 N–H and O–H groups in total. The molecule has 1 saturated carbocycles. The van der Waals surface area contributed by atoms with Gasteiger partial charge in [-0.3, -0.25) is 4.79 Å². The van der Waals surface area contributed by atoms with Crippen LogP contribution in [0.25, 0.3) is 10.9 Å². The summed E-state index contributed by atoms with van der Waals surface area (Å²) in [4.78, 5) is 24.8. The van der Waals surface area contributed by atoms with E-state index in [0.717, 1.165) is 53.2 Å². The number of hydrogen-bond acceptors (Lipinski definition) is 6. The number of rotatable bonds is 5. The molecule has 0 spiro atoms. The Bertz CT molecular complexity index is 1180. The van der Waals surface area contributed by atoms with Crippen LogP contribution in [0.1, 0.15) is 12.0 Å². The van der Waals surface area contributed by atoms with Crippen molar-refractivity contribution in [2.45, 2.75) is 18.9 Å². The number of benzene rings is 1. The summed E-state index contributed by atoms with van der Waals surface area (Å²) >= 11 is 0. The lowest BCUT2D eigenvalue weighted by Gasteiger charge is -2.28. The van der Waals surface area contributed by atoms with Crippen LogP contribution in [-0.4, -0.2) is 33.4 Å². The van der Waals surface area contributed by atoms with Crippen LogP contribution in [0.15, 0.2) is 42.6 Å². The molecule has 1 fully saturated rings. The van der Waals surface area contributed by atoms with E-state index in [0.29, 0.717) is 11.9 Å². The van der Waals surface area contributed by atoms with Gasteiger partial charge in [0.05, 0.1) is 5.92 Å². The number of primary amides is 1. The summed E-state index contributed by atoms with van der Waals surface area (Å²) in [5.41, 5.74) is 8.81. The third kappa shape index (κ3) is 2.71. The predicted molar refractivity (Wildman–Crippen MR) is 117 cm³/mol. The van der Waals surface area contributed by atoms with Gasteiger partial charge < -0.3 is 26.7 Å². The van der Waals surface area contributed by atoms with Crippen LogP contribution in [0.2, 0.25) is 0 Å². The van der Waals surface area contributed by atoms with E-state index in [1.54, 1.807) is 0 Å². The lowest BCUT2D eigenvalue weighted by Crippen LogP contribution is -2.41. The molecule has 4 unspecified atom stereocenters. The highest BCUT2D eigenvalue weighted by Gasteiger charge is 2.47. The van der Waals surface area contributed by atoms with Gasteiger partial charge in [0, 0.05) is 40.9 Å². The van der Waals surface area contributed by atoms with Crippen molar-refractivity contribution in [3.05, 3.63) is 48.2 Å². The Balaban J connectivity index is 1.33. The standard InChI is InChI=1S/C22H23N7O/c23-19(30)17-12-1-2-13(9-12)18(17)27-21-15-6-8-25-20(15)28-22(29-21)26-14-3-4-16-11(10-14)5-7-24-16/h1-5,7,10,12-13,17-18,24H,6,8-9H2,(H2,23,30)(H3,25,26,27,28,29). The molecule has 0 radical (unpaired) electrons. The Morgan fingerprint density at radius 1 is 1.17 bits per heavy atom. The molecule has 2 aromatic heterocycles. The Morgan fingerprint density at radius 2 is 2.07 bits per heavy atom. The molecule has 4 atom stereocenters. The normalized spacial score (nSPS) is 26.0. The van der Waals surface area contributed by atoms with Crippen LogP contribution in [0.5, 0.6) is 0 Å². The number of nitrogens with zero attached hydrogens (tertiary/aromatic N) is 2. The summed E-state index contributed by atoms with van der Waals surface area (Å²) in [6.45, 7) is 0.827. The number of amides is 1. The zero-order chi connectivity index (χ0) is 20.2. The molecule has 6 rings (SSSR count). The van der Waals surface area contributed by atoms with E-state index in [4.69, 9.17) is 10.7 Å². The van der Waals surface area contributed by atoms with E-state index >= 15 is 0 Å². The first kappa shape index (κ1) is 17.3. The maximum atomic E-state index is 12.1. The molecule has 3 aromatic rings. The van der Waals surface area contributed by atoms with Crippen molar-refractivity contribution < 1.29 is 4.79 Å². The lowest BCUT2D eigenvalue weighted by atomic mass is 9.88. The van der Waals surface area contributed by atoms with Crippen LogP contribution >= 0.6 is 0 Å². The number of H-pyrrole nitrogens is 1. The second kappa shape index (κ2) is 6.48. The number of carbonyl (C=O) groups excluding carboxylic acids is 1. The third-order valence-corrected chi connectivity index (χ3v) is 6.58. The Kier molecular flexibility index (Phi) is 3.74. The summed E-state index contributed by atoms with van der Waals surface area (Å²) in [5, 5.41) is 11.4. The van der Waals surface area contributed by atoms with Crippen LogP contribution in [0, 0.1) is 17.8 Å². The Hall–Kier alpha value is -3.55. The van der Waals surface area contributed by atoms with Gasteiger partial charge in [-0.1, -0.05) is 12.2 Å². The topological polar surface area (TPSA) is 121 Å². The van der Waals surface area contributed by atoms with Crippen molar-refractivity contribution in [3.8, 4) is 0 Å². The molecule has 8 nitrogen and oxygen atoms in total. The second-order valence-corrected chi connectivity index (χ2v) is 8.35. The predicted octanol–water partition coefficient (Wildman–Crippen LogP) is 2.76. The van der Waals surface area contributed by atoms with Crippen LogP contribution in [0.3, 0.4) is 0 Å². The van der Waals surface area contributed by atoms with Crippen molar-refractivity contribution in [1.29, 1.82) is 0 Å². The number of hydrogen-bond donors (Lipinski definition) is 5. The van der Waals surface area contributed by atoms with Crippen LogP contribution in [0.4, 0.5) is 23.3 Å². The maximum Gasteiger partial charge on any atom is 0.231 e. The van der Waals surface area contributed by atoms with Gasteiger partial charge >= 0.3 is 0 Å². The fraction of sp³-hybridized carbons (Fsp3) is 0.318. The first-order valence-electron chi connectivity index (χ1n) is 10.4. The van der Waals surface area contributed by atoms with E-state index in [1.165, 1.54) is 0 Å². The van der Waals surface area contributed by atoms with E-state index in [-0.39, 0.29) is 23.8 Å². The molecular formula is C22H23N7O. The molecule has 1 aromatic carbocycles. The molecule has 2 aliphatic carbocycles. The summed E-state index contributed by atoms with van der Waals surface area (Å²) < 4.78 is 0. The van der Waals surface area contributed by atoms with Crippen molar-refractivity contribution >= 4 is 40.1 Å². The quantitative estimate of drug-likeness (QED) is 0.419. The van der Waals surface area contributed by atoms with Gasteiger partial charge in [-0.25, -0.2) is 0 Å². The number of carbonyl (C=O) groups is 1. The molecular weight excluding hydrogens is 378 g/mol. The fourth-order valence-corrected chi connectivity index (χ4v) is 5.17. The number of nitrogens with two attached hydrogens (primary N) is 1. The highest BCUT2D eigenvalue weighted by Crippen LogP contribution is 2.45. The van der Waals surface area contributed by atoms with Crippen molar-refractivity contribution in [3.63, 3.8) is 0 Å². The number of anilines is 4. The molecule has 3 heterocycles. The summed E-state index contributed by atoms with van der Waals surface area (Å²) in [5.74, 6) is 2.23. The number of fused-ring (bicyclic) bond motifs is 4. The highest BCUT2D eigenvalue weighted by atomic mass is 16.1. The number of aromatic amines is 1. The molecule has 2 bridgehead atoms. The van der Waals surface area contributed by atoms with E-state index in [2.05, 4.69) is 44.1 Å². The zero-order valence-electron chi connectivity index (χ0n) is 16.4. The van der Waals surface area contributed by atoms with Gasteiger partial charge in [0.1, 0.15) is 11.6 Å². The average Bonchev–Trinajstić information content (AvgIpc) is 3.50. The summed E-state index contributed by atoms with van der Waals surface area (Å²) in [6.07, 6.45) is 8.08. The first-order valence-corrected chi connectivity index (χ1v) is 10.4. The molecule has 0 saturated heterocycles. The summed E-state index contributed by atoms with van der Waals surface area (Å²) in [6, 6.07) is 8.10. The molecule has 1 amide bonds. The fourth-order valence-electron chi connectivity index (χ4n) is 5.17. The smallest absolute Gasteiger partial charge is 0.231 e. The third-order valence-electron chi connectivity index (χ3n) is 6.58. The van der Waals surface area contributed by atoms with Gasteiger partial charge in [-0.2, -0.15) is 9.97 Å². The SMILES string of the molecule is NC(=O)C1C2C=CC(C2)C1Nc1nc(Nc2ccc3[nH]ccc3c2)nc2c1CCN2.